The second-order valence-electron chi connectivity index (χ2n) is 5.14. The highest BCUT2D eigenvalue weighted by atomic mass is 35.5. The molecule has 0 aliphatic carbocycles. The van der Waals surface area contributed by atoms with E-state index in [2.05, 4.69) is 0 Å². The van der Waals surface area contributed by atoms with Crippen molar-refractivity contribution in [1.29, 1.82) is 0 Å². The summed E-state index contributed by atoms with van der Waals surface area (Å²) in [5.41, 5.74) is 0.916. The number of halogens is 1. The van der Waals surface area contributed by atoms with Gasteiger partial charge in [0.25, 0.3) is 5.91 Å². The summed E-state index contributed by atoms with van der Waals surface area (Å²) in [5, 5.41) is 11.2. The molecule has 0 bridgehead atoms. The highest BCUT2D eigenvalue weighted by Crippen LogP contribution is 2.31. The first-order valence-electron chi connectivity index (χ1n) is 6.77. The van der Waals surface area contributed by atoms with Crippen LogP contribution in [0.1, 0.15) is 47.3 Å². The number of carbonyl (C=O) groups is 2. The molecule has 6 heteroatoms. The van der Waals surface area contributed by atoms with Crippen molar-refractivity contribution in [3.05, 3.63) is 20.8 Å². The van der Waals surface area contributed by atoms with Gasteiger partial charge in [0, 0.05) is 19.0 Å². The molecule has 0 spiro atoms. The van der Waals surface area contributed by atoms with Crippen molar-refractivity contribution in [2.24, 2.45) is 0 Å². The maximum atomic E-state index is 12.6. The number of aryl methyl sites for hydroxylation is 1. The zero-order valence-corrected chi connectivity index (χ0v) is 13.0. The first-order chi connectivity index (χ1) is 9.50. The van der Waals surface area contributed by atoms with E-state index in [0.29, 0.717) is 22.9 Å². The van der Waals surface area contributed by atoms with Crippen LogP contribution < -0.4 is 0 Å². The number of hydrogen-bond donors (Lipinski definition) is 1. The molecule has 1 aromatic rings. The molecule has 1 saturated heterocycles. The minimum absolute atomic E-state index is 0.0193. The molecule has 1 aliphatic heterocycles. The maximum Gasteiger partial charge on any atom is 0.303 e. The number of carbonyl (C=O) groups excluding carboxylic acids is 1. The first kappa shape index (κ1) is 15.3. The van der Waals surface area contributed by atoms with Gasteiger partial charge in [-0.05, 0) is 43.6 Å². The van der Waals surface area contributed by atoms with Gasteiger partial charge in [0.15, 0.2) is 0 Å². The van der Waals surface area contributed by atoms with Crippen LogP contribution in [0.2, 0.25) is 5.02 Å². The molecule has 2 heterocycles. The maximum absolute atomic E-state index is 12.6. The quantitative estimate of drug-likeness (QED) is 0.924. The highest BCUT2D eigenvalue weighted by Gasteiger charge is 2.29. The molecular weight excluding hydrogens is 298 g/mol. The van der Waals surface area contributed by atoms with E-state index in [1.165, 1.54) is 11.3 Å². The van der Waals surface area contributed by atoms with Crippen molar-refractivity contribution in [2.45, 2.75) is 45.1 Å². The monoisotopic (exact) mass is 315 g/mol. The van der Waals surface area contributed by atoms with E-state index in [4.69, 9.17) is 16.7 Å². The van der Waals surface area contributed by atoms with Gasteiger partial charge in [-0.25, -0.2) is 0 Å². The topological polar surface area (TPSA) is 57.6 Å². The number of likely N-dealkylation sites (tertiary alicyclic amines) is 1. The Morgan fingerprint density at radius 2 is 2.25 bits per heavy atom. The van der Waals surface area contributed by atoms with E-state index >= 15 is 0 Å². The van der Waals surface area contributed by atoms with Crippen LogP contribution in [-0.4, -0.2) is 34.5 Å². The normalized spacial score (nSPS) is 19.1. The molecular formula is C14H18ClNO3S. The summed E-state index contributed by atoms with van der Waals surface area (Å²) in [6.45, 7) is 2.57. The Morgan fingerprint density at radius 1 is 1.50 bits per heavy atom. The van der Waals surface area contributed by atoms with Crippen LogP contribution in [0.5, 0.6) is 0 Å². The van der Waals surface area contributed by atoms with Gasteiger partial charge in [-0.15, -0.1) is 11.3 Å². The minimum Gasteiger partial charge on any atom is -0.481 e. The minimum atomic E-state index is -0.812. The lowest BCUT2D eigenvalue weighted by Crippen LogP contribution is -2.43. The third-order valence-corrected chi connectivity index (χ3v) is 5.36. The number of amides is 1. The van der Waals surface area contributed by atoms with Crippen LogP contribution in [0.15, 0.2) is 5.38 Å². The van der Waals surface area contributed by atoms with E-state index in [9.17, 15) is 9.59 Å². The van der Waals surface area contributed by atoms with E-state index < -0.39 is 5.97 Å². The van der Waals surface area contributed by atoms with Crippen molar-refractivity contribution in [2.75, 3.05) is 6.54 Å². The zero-order valence-electron chi connectivity index (χ0n) is 11.4. The fourth-order valence-corrected chi connectivity index (χ4v) is 3.79. The molecule has 0 aromatic carbocycles. The van der Waals surface area contributed by atoms with Crippen LogP contribution in [-0.2, 0) is 4.79 Å². The molecule has 1 amide bonds. The number of piperidine rings is 1. The van der Waals surface area contributed by atoms with Crippen molar-refractivity contribution in [1.82, 2.24) is 4.90 Å². The highest BCUT2D eigenvalue weighted by molar-refractivity contribution is 7.13. The molecule has 1 N–H and O–H groups in total. The van der Waals surface area contributed by atoms with E-state index in [1.54, 1.807) is 0 Å². The SMILES string of the molecule is Cc1csc(C(=O)N2CCCCC2CCC(=O)O)c1Cl. The fourth-order valence-electron chi connectivity index (χ4n) is 2.56. The van der Waals surface area contributed by atoms with Crippen molar-refractivity contribution in [3.8, 4) is 0 Å². The van der Waals surface area contributed by atoms with E-state index in [-0.39, 0.29) is 18.4 Å². The first-order valence-corrected chi connectivity index (χ1v) is 8.03. The average Bonchev–Trinajstić information content (AvgIpc) is 2.76. The van der Waals surface area contributed by atoms with Gasteiger partial charge >= 0.3 is 5.97 Å². The molecule has 1 unspecified atom stereocenters. The van der Waals surface area contributed by atoms with Crippen LogP contribution in [0.3, 0.4) is 0 Å². The second kappa shape index (κ2) is 6.59. The van der Waals surface area contributed by atoms with Gasteiger partial charge in [-0.3, -0.25) is 9.59 Å². The Hall–Kier alpha value is -1.07. The molecule has 0 radical (unpaired) electrons. The fraction of sp³-hybridized carbons (Fsp3) is 0.571. The summed E-state index contributed by atoms with van der Waals surface area (Å²) in [6, 6.07) is 0.0193. The molecule has 4 nitrogen and oxygen atoms in total. The smallest absolute Gasteiger partial charge is 0.303 e. The largest absolute Gasteiger partial charge is 0.481 e. The molecule has 1 aliphatic rings. The van der Waals surface area contributed by atoms with Crippen LogP contribution >= 0.6 is 22.9 Å². The van der Waals surface area contributed by atoms with E-state index in [0.717, 1.165) is 24.8 Å². The number of carboxylic acids is 1. The Kier molecular flexibility index (Phi) is 5.05. The summed E-state index contributed by atoms with van der Waals surface area (Å²) in [7, 11) is 0. The lowest BCUT2D eigenvalue weighted by Gasteiger charge is -2.35. The van der Waals surface area contributed by atoms with Crippen LogP contribution in [0.25, 0.3) is 0 Å². The molecule has 1 fully saturated rings. The Labute approximate surface area is 127 Å². The number of aliphatic carboxylic acids is 1. The predicted molar refractivity (Wildman–Crippen MR) is 79.6 cm³/mol. The van der Waals surface area contributed by atoms with Crippen LogP contribution in [0, 0.1) is 6.92 Å². The number of nitrogens with zero attached hydrogens (tertiary/aromatic N) is 1. The number of carboxylic acid groups (broad SMARTS) is 1. The number of rotatable bonds is 4. The molecule has 1 aromatic heterocycles. The molecule has 1 atom stereocenters. The molecule has 20 heavy (non-hydrogen) atoms. The summed E-state index contributed by atoms with van der Waals surface area (Å²) in [4.78, 5) is 25.7. The average molecular weight is 316 g/mol. The third kappa shape index (κ3) is 3.33. The zero-order chi connectivity index (χ0) is 14.7. The second-order valence-corrected chi connectivity index (χ2v) is 6.40. The molecule has 2 rings (SSSR count). The summed E-state index contributed by atoms with van der Waals surface area (Å²) < 4.78 is 0. The van der Waals surface area contributed by atoms with Gasteiger partial charge in [0.2, 0.25) is 0 Å². The van der Waals surface area contributed by atoms with Gasteiger partial charge in [-0.2, -0.15) is 0 Å². The van der Waals surface area contributed by atoms with E-state index in [1.807, 2.05) is 17.2 Å². The number of hydrogen-bond acceptors (Lipinski definition) is 3. The van der Waals surface area contributed by atoms with Gasteiger partial charge in [0.05, 0.1) is 5.02 Å². The lowest BCUT2D eigenvalue weighted by molar-refractivity contribution is -0.137. The molecule has 110 valence electrons. The number of thiophene rings is 1. The summed E-state index contributed by atoms with van der Waals surface area (Å²) >= 11 is 7.53. The third-order valence-electron chi connectivity index (χ3n) is 3.67. The summed E-state index contributed by atoms with van der Waals surface area (Å²) in [6.07, 6.45) is 3.51. The Morgan fingerprint density at radius 3 is 2.85 bits per heavy atom. The summed E-state index contributed by atoms with van der Waals surface area (Å²) in [5.74, 6) is -0.865. The van der Waals surface area contributed by atoms with Crippen molar-refractivity contribution < 1.29 is 14.7 Å². The molecule has 0 saturated carbocycles. The van der Waals surface area contributed by atoms with Gasteiger partial charge in [-0.1, -0.05) is 11.6 Å². The van der Waals surface area contributed by atoms with Crippen molar-refractivity contribution >= 4 is 34.8 Å². The predicted octanol–water partition coefficient (Wildman–Crippen LogP) is 3.57. The lowest BCUT2D eigenvalue weighted by atomic mass is 9.97. The Bertz CT molecular complexity index is 515. The Balaban J connectivity index is 2.13. The van der Waals surface area contributed by atoms with Crippen LogP contribution in [0.4, 0.5) is 0 Å². The van der Waals surface area contributed by atoms with Gasteiger partial charge in [0.1, 0.15) is 4.88 Å². The van der Waals surface area contributed by atoms with Crippen molar-refractivity contribution in [3.63, 3.8) is 0 Å². The van der Waals surface area contributed by atoms with Gasteiger partial charge < -0.3 is 10.0 Å². The standard InChI is InChI=1S/C14H18ClNO3S/c1-9-8-20-13(12(9)15)14(19)16-7-3-2-4-10(16)5-6-11(17)18/h8,10H,2-7H2,1H3,(H,17,18).